The summed E-state index contributed by atoms with van der Waals surface area (Å²) in [5, 5.41) is 4.26. The first-order valence-corrected chi connectivity index (χ1v) is 7.10. The van der Waals surface area contributed by atoms with Gasteiger partial charge in [0.2, 0.25) is 5.91 Å². The Hall–Kier alpha value is -1.88. The Kier molecular flexibility index (Phi) is 4.96. The van der Waals surface area contributed by atoms with Crippen LogP contribution in [0.1, 0.15) is 16.8 Å². The molecule has 0 radical (unpaired) electrons. The van der Waals surface area contributed by atoms with E-state index in [1.807, 2.05) is 19.3 Å². The first kappa shape index (κ1) is 15.5. The summed E-state index contributed by atoms with van der Waals surface area (Å²) in [5.74, 6) is -0.518. The monoisotopic (exact) mass is 309 g/mol. The van der Waals surface area contributed by atoms with Crippen LogP contribution in [-0.4, -0.2) is 26.5 Å². The summed E-state index contributed by atoms with van der Waals surface area (Å²) < 4.78 is 15.0. The first-order valence-electron chi connectivity index (χ1n) is 6.57. The van der Waals surface area contributed by atoms with Gasteiger partial charge in [0.25, 0.3) is 0 Å². The Labute approximate surface area is 128 Å². The SMILES string of the molecule is Cc1cc(CN(Cc2ccn(C)n2)C(=O)CCl)ccc1F. The molecule has 0 spiro atoms. The summed E-state index contributed by atoms with van der Waals surface area (Å²) in [6.45, 7) is 2.46. The number of alkyl halides is 1. The van der Waals surface area contributed by atoms with Gasteiger partial charge in [0.05, 0.1) is 12.2 Å². The molecule has 0 fully saturated rings. The third kappa shape index (κ3) is 4.04. The first-order chi connectivity index (χ1) is 9.99. The number of aromatic nitrogens is 2. The van der Waals surface area contributed by atoms with Gasteiger partial charge in [0.15, 0.2) is 0 Å². The molecule has 4 nitrogen and oxygen atoms in total. The Morgan fingerprint density at radius 2 is 2.14 bits per heavy atom. The fourth-order valence-electron chi connectivity index (χ4n) is 2.09. The van der Waals surface area contributed by atoms with E-state index in [2.05, 4.69) is 5.10 Å². The number of amides is 1. The van der Waals surface area contributed by atoms with E-state index in [1.165, 1.54) is 6.07 Å². The minimum atomic E-state index is -0.251. The molecule has 0 atom stereocenters. The van der Waals surface area contributed by atoms with Crippen LogP contribution in [0.2, 0.25) is 0 Å². The van der Waals surface area contributed by atoms with Gasteiger partial charge in [-0.2, -0.15) is 5.10 Å². The fourth-order valence-corrected chi connectivity index (χ4v) is 2.25. The normalized spacial score (nSPS) is 10.7. The van der Waals surface area contributed by atoms with E-state index in [9.17, 15) is 9.18 Å². The lowest BCUT2D eigenvalue weighted by atomic mass is 10.1. The number of nitrogens with zero attached hydrogens (tertiary/aromatic N) is 3. The van der Waals surface area contributed by atoms with Crippen molar-refractivity contribution in [1.29, 1.82) is 0 Å². The third-order valence-corrected chi connectivity index (χ3v) is 3.41. The second kappa shape index (κ2) is 6.72. The fraction of sp³-hybridized carbons (Fsp3) is 0.333. The summed E-state index contributed by atoms with van der Waals surface area (Å²) >= 11 is 5.66. The molecule has 0 bridgehead atoms. The van der Waals surface area contributed by atoms with E-state index >= 15 is 0 Å². The van der Waals surface area contributed by atoms with Crippen molar-refractivity contribution in [1.82, 2.24) is 14.7 Å². The third-order valence-electron chi connectivity index (χ3n) is 3.18. The number of carbonyl (C=O) groups is 1. The number of hydrogen-bond donors (Lipinski definition) is 0. The van der Waals surface area contributed by atoms with E-state index in [0.29, 0.717) is 18.7 Å². The molecule has 0 aliphatic carbocycles. The molecule has 1 aromatic heterocycles. The number of halogens is 2. The Morgan fingerprint density at radius 1 is 1.38 bits per heavy atom. The molecule has 112 valence electrons. The van der Waals surface area contributed by atoms with E-state index in [1.54, 1.807) is 28.6 Å². The maximum atomic E-state index is 13.3. The minimum absolute atomic E-state index is 0.0903. The standard InChI is InChI=1S/C15H17ClFN3O/c1-11-7-12(3-4-14(11)17)9-20(15(21)8-16)10-13-5-6-19(2)18-13/h3-7H,8-10H2,1-2H3. The van der Waals surface area contributed by atoms with Gasteiger partial charge in [0.1, 0.15) is 11.7 Å². The molecule has 0 N–H and O–H groups in total. The zero-order valence-corrected chi connectivity index (χ0v) is 12.8. The van der Waals surface area contributed by atoms with Gasteiger partial charge in [-0.25, -0.2) is 4.39 Å². The molecule has 2 aromatic rings. The van der Waals surface area contributed by atoms with E-state index in [4.69, 9.17) is 11.6 Å². The van der Waals surface area contributed by atoms with Crippen molar-refractivity contribution in [3.8, 4) is 0 Å². The number of hydrogen-bond acceptors (Lipinski definition) is 2. The van der Waals surface area contributed by atoms with Crippen molar-refractivity contribution in [3.63, 3.8) is 0 Å². The highest BCUT2D eigenvalue weighted by molar-refractivity contribution is 6.27. The summed E-state index contributed by atoms with van der Waals surface area (Å²) in [4.78, 5) is 13.6. The molecule has 1 amide bonds. The molecular formula is C15H17ClFN3O. The topological polar surface area (TPSA) is 38.1 Å². The summed E-state index contributed by atoms with van der Waals surface area (Å²) in [7, 11) is 1.82. The number of carbonyl (C=O) groups excluding carboxylic acids is 1. The van der Waals surface area contributed by atoms with Crippen LogP contribution in [-0.2, 0) is 24.9 Å². The van der Waals surface area contributed by atoms with Gasteiger partial charge in [-0.15, -0.1) is 11.6 Å². The molecular weight excluding hydrogens is 293 g/mol. The summed E-state index contributed by atoms with van der Waals surface area (Å²) in [6, 6.07) is 6.68. The Balaban J connectivity index is 2.16. The lowest BCUT2D eigenvalue weighted by molar-refractivity contribution is -0.129. The smallest absolute Gasteiger partial charge is 0.238 e. The molecule has 1 heterocycles. The number of rotatable bonds is 5. The predicted octanol–water partition coefficient (Wildman–Crippen LogP) is 2.64. The average molecular weight is 310 g/mol. The maximum absolute atomic E-state index is 13.3. The molecule has 0 saturated heterocycles. The number of benzene rings is 1. The van der Waals surface area contributed by atoms with Crippen molar-refractivity contribution in [2.75, 3.05) is 5.88 Å². The molecule has 21 heavy (non-hydrogen) atoms. The lowest BCUT2D eigenvalue weighted by Crippen LogP contribution is -2.31. The van der Waals surface area contributed by atoms with Gasteiger partial charge in [-0.3, -0.25) is 9.48 Å². The molecule has 0 unspecified atom stereocenters. The van der Waals surface area contributed by atoms with Gasteiger partial charge in [-0.1, -0.05) is 12.1 Å². The zero-order chi connectivity index (χ0) is 15.4. The Morgan fingerprint density at radius 3 is 2.71 bits per heavy atom. The molecule has 0 aliphatic heterocycles. The predicted molar refractivity (Wildman–Crippen MR) is 79.3 cm³/mol. The maximum Gasteiger partial charge on any atom is 0.238 e. The highest BCUT2D eigenvalue weighted by Crippen LogP contribution is 2.13. The van der Waals surface area contributed by atoms with E-state index in [-0.39, 0.29) is 17.6 Å². The van der Waals surface area contributed by atoms with Gasteiger partial charge < -0.3 is 4.90 Å². The average Bonchev–Trinajstić information content (AvgIpc) is 2.86. The quantitative estimate of drug-likeness (QED) is 0.796. The van der Waals surface area contributed by atoms with Crippen LogP contribution in [0, 0.1) is 12.7 Å². The van der Waals surface area contributed by atoms with Gasteiger partial charge in [0, 0.05) is 19.8 Å². The van der Waals surface area contributed by atoms with Crippen LogP contribution in [0.5, 0.6) is 0 Å². The molecule has 0 saturated carbocycles. The highest BCUT2D eigenvalue weighted by Gasteiger charge is 2.15. The molecule has 6 heteroatoms. The second-order valence-electron chi connectivity index (χ2n) is 4.95. The lowest BCUT2D eigenvalue weighted by Gasteiger charge is -2.21. The minimum Gasteiger partial charge on any atom is -0.331 e. The van der Waals surface area contributed by atoms with Crippen LogP contribution in [0.15, 0.2) is 30.5 Å². The molecule has 0 aliphatic rings. The molecule has 1 aromatic carbocycles. The molecule has 2 rings (SSSR count). The zero-order valence-electron chi connectivity index (χ0n) is 12.0. The van der Waals surface area contributed by atoms with Crippen molar-refractivity contribution < 1.29 is 9.18 Å². The van der Waals surface area contributed by atoms with Crippen molar-refractivity contribution in [2.24, 2.45) is 7.05 Å². The largest absolute Gasteiger partial charge is 0.331 e. The van der Waals surface area contributed by atoms with Crippen LogP contribution < -0.4 is 0 Å². The van der Waals surface area contributed by atoms with Crippen molar-refractivity contribution in [2.45, 2.75) is 20.0 Å². The van der Waals surface area contributed by atoms with Gasteiger partial charge >= 0.3 is 0 Å². The number of aryl methyl sites for hydroxylation is 2. The van der Waals surface area contributed by atoms with Crippen molar-refractivity contribution in [3.05, 3.63) is 53.1 Å². The Bertz CT molecular complexity index is 642. The summed E-state index contributed by atoms with van der Waals surface area (Å²) in [5.41, 5.74) is 2.21. The van der Waals surface area contributed by atoms with Crippen LogP contribution in [0.3, 0.4) is 0 Å². The van der Waals surface area contributed by atoms with Crippen LogP contribution in [0.4, 0.5) is 4.39 Å². The van der Waals surface area contributed by atoms with E-state index < -0.39 is 0 Å². The summed E-state index contributed by atoms with van der Waals surface area (Å²) in [6.07, 6.45) is 1.82. The highest BCUT2D eigenvalue weighted by atomic mass is 35.5. The van der Waals surface area contributed by atoms with E-state index in [0.717, 1.165) is 11.3 Å². The van der Waals surface area contributed by atoms with Crippen molar-refractivity contribution >= 4 is 17.5 Å². The second-order valence-corrected chi connectivity index (χ2v) is 5.21. The van der Waals surface area contributed by atoms with Crippen LogP contribution >= 0.6 is 11.6 Å². The van der Waals surface area contributed by atoms with Gasteiger partial charge in [-0.05, 0) is 30.2 Å². The van der Waals surface area contributed by atoms with Crippen LogP contribution in [0.25, 0.3) is 0 Å².